The third kappa shape index (κ3) is 4.91. The first-order valence-corrected chi connectivity index (χ1v) is 5.38. The molecule has 0 saturated heterocycles. The Labute approximate surface area is 74.0 Å². The summed E-state index contributed by atoms with van der Waals surface area (Å²) in [6.07, 6.45) is 3.80. The second kappa shape index (κ2) is 5.73. The monoisotopic (exact) mass is 196 g/mol. The van der Waals surface area contributed by atoms with Crippen LogP contribution in [-0.2, 0) is 18.3 Å². The summed E-state index contributed by atoms with van der Waals surface area (Å²) in [5, 5.41) is 0. The van der Waals surface area contributed by atoms with Crippen LogP contribution in [0.1, 0.15) is 13.8 Å². The minimum atomic E-state index is -2.36. The van der Waals surface area contributed by atoms with Gasteiger partial charge in [-0.2, -0.15) is 0 Å². The highest BCUT2D eigenvalue weighted by Gasteiger charge is 2.12. The molecule has 0 spiro atoms. The molecule has 0 N–H and O–H groups in total. The molecule has 0 rings (SSSR count). The van der Waals surface area contributed by atoms with Gasteiger partial charge in [-0.25, -0.2) is 0 Å². The maximum Gasteiger partial charge on any atom is 0.252 e. The number of hydrogen-bond acceptors (Lipinski definition) is 4. The first kappa shape index (κ1) is 12.1. The Bertz CT molecular complexity index is 149. The molecule has 0 aromatic carbocycles. The van der Waals surface area contributed by atoms with Crippen LogP contribution in [0, 0.1) is 0 Å². The van der Waals surface area contributed by atoms with Crippen molar-refractivity contribution in [3.05, 3.63) is 0 Å². The molecule has 12 heavy (non-hydrogen) atoms. The molecule has 0 saturated carbocycles. The van der Waals surface area contributed by atoms with Gasteiger partial charge in [0.2, 0.25) is 0 Å². The average molecular weight is 196 g/mol. The summed E-state index contributed by atoms with van der Waals surface area (Å²) in [7, 11) is 0.637. The molecule has 0 radical (unpaired) electrons. The van der Waals surface area contributed by atoms with Gasteiger partial charge in [-0.05, 0) is 20.1 Å². The SMILES string of the molecule is C=P(OC)(OC)OCOC(C)C. The highest BCUT2D eigenvalue weighted by molar-refractivity contribution is 7.59. The molecule has 0 aromatic heterocycles. The fourth-order valence-corrected chi connectivity index (χ4v) is 1.01. The van der Waals surface area contributed by atoms with E-state index in [0.717, 1.165) is 0 Å². The summed E-state index contributed by atoms with van der Waals surface area (Å²) in [6.45, 7) is 4.00. The Morgan fingerprint density at radius 2 is 1.75 bits per heavy atom. The number of hydrogen-bond donors (Lipinski definition) is 0. The first-order chi connectivity index (χ1) is 5.54. The van der Waals surface area contributed by atoms with Crippen molar-refractivity contribution in [1.29, 1.82) is 0 Å². The smallest absolute Gasteiger partial charge is 0.252 e. The quantitative estimate of drug-likeness (QED) is 0.480. The molecule has 0 amide bonds. The predicted molar refractivity (Wildman–Crippen MR) is 50.2 cm³/mol. The van der Waals surface area contributed by atoms with E-state index < -0.39 is 7.57 Å². The molecule has 0 aliphatic carbocycles. The third-order valence-electron chi connectivity index (χ3n) is 1.21. The van der Waals surface area contributed by atoms with Crippen LogP contribution in [0.3, 0.4) is 0 Å². The van der Waals surface area contributed by atoms with E-state index in [-0.39, 0.29) is 12.9 Å². The van der Waals surface area contributed by atoms with Gasteiger partial charge < -0.3 is 13.8 Å². The molecule has 74 valence electrons. The molecule has 0 atom stereocenters. The molecular formula is C7H17O4P. The maximum atomic E-state index is 5.17. The second-order valence-electron chi connectivity index (χ2n) is 2.44. The average Bonchev–Trinajstić information content (AvgIpc) is 2.03. The molecular weight excluding hydrogens is 179 g/mol. The van der Waals surface area contributed by atoms with E-state index in [1.54, 1.807) is 0 Å². The summed E-state index contributed by atoms with van der Waals surface area (Å²) < 4.78 is 20.2. The molecule has 0 fully saturated rings. The summed E-state index contributed by atoms with van der Waals surface area (Å²) in [4.78, 5) is 0. The van der Waals surface area contributed by atoms with E-state index in [2.05, 4.69) is 6.30 Å². The third-order valence-corrected chi connectivity index (χ3v) is 2.82. The van der Waals surface area contributed by atoms with E-state index in [0.29, 0.717) is 0 Å². The Morgan fingerprint density at radius 3 is 2.08 bits per heavy atom. The topological polar surface area (TPSA) is 36.9 Å². The highest BCUT2D eigenvalue weighted by atomic mass is 31.2. The van der Waals surface area contributed by atoms with Crippen LogP contribution < -0.4 is 0 Å². The van der Waals surface area contributed by atoms with Gasteiger partial charge in [-0.15, -0.1) is 0 Å². The van der Waals surface area contributed by atoms with Crippen molar-refractivity contribution in [2.24, 2.45) is 0 Å². The maximum absolute atomic E-state index is 5.17. The largest absolute Gasteiger partial charge is 0.352 e. The summed E-state index contributed by atoms with van der Waals surface area (Å²) in [5.74, 6) is 0. The van der Waals surface area contributed by atoms with Crippen LogP contribution in [0.25, 0.3) is 0 Å². The molecule has 0 unspecified atom stereocenters. The van der Waals surface area contributed by atoms with Crippen molar-refractivity contribution in [3.8, 4) is 0 Å². The van der Waals surface area contributed by atoms with Gasteiger partial charge >= 0.3 is 0 Å². The van der Waals surface area contributed by atoms with Crippen LogP contribution in [0.2, 0.25) is 0 Å². The Hall–Kier alpha value is 0.140. The zero-order valence-corrected chi connectivity index (χ0v) is 8.97. The van der Waals surface area contributed by atoms with Crippen LogP contribution in [0.5, 0.6) is 0 Å². The lowest BCUT2D eigenvalue weighted by Gasteiger charge is -2.20. The molecule has 0 aliphatic rings. The van der Waals surface area contributed by atoms with Gasteiger partial charge in [-0.3, -0.25) is 4.52 Å². The molecule has 0 heterocycles. The minimum Gasteiger partial charge on any atom is -0.352 e. The van der Waals surface area contributed by atoms with Crippen molar-refractivity contribution >= 4 is 13.9 Å². The van der Waals surface area contributed by atoms with Crippen LogP contribution in [-0.4, -0.2) is 33.4 Å². The fourth-order valence-electron chi connectivity index (χ4n) is 0.427. The molecule has 4 nitrogen and oxygen atoms in total. The van der Waals surface area contributed by atoms with Crippen molar-refractivity contribution in [3.63, 3.8) is 0 Å². The van der Waals surface area contributed by atoms with E-state index in [9.17, 15) is 0 Å². The molecule has 0 bridgehead atoms. The molecule has 5 heteroatoms. The van der Waals surface area contributed by atoms with Crippen LogP contribution in [0.15, 0.2) is 0 Å². The number of ether oxygens (including phenoxy) is 1. The van der Waals surface area contributed by atoms with Gasteiger partial charge in [0.1, 0.15) is 0 Å². The Balaban J connectivity index is 3.67. The summed E-state index contributed by atoms with van der Waals surface area (Å²) in [5.41, 5.74) is 0. The van der Waals surface area contributed by atoms with E-state index in [1.807, 2.05) is 13.8 Å². The van der Waals surface area contributed by atoms with Crippen molar-refractivity contribution in [2.75, 3.05) is 21.0 Å². The highest BCUT2D eigenvalue weighted by Crippen LogP contribution is 2.46. The lowest BCUT2D eigenvalue weighted by molar-refractivity contribution is -0.0292. The lowest BCUT2D eigenvalue weighted by atomic mass is 10.5. The van der Waals surface area contributed by atoms with Gasteiger partial charge in [0.25, 0.3) is 7.57 Å². The molecule has 0 aromatic rings. The van der Waals surface area contributed by atoms with E-state index in [1.165, 1.54) is 14.2 Å². The number of rotatable bonds is 6. The van der Waals surface area contributed by atoms with Gasteiger partial charge in [0.05, 0.1) is 6.10 Å². The lowest BCUT2D eigenvalue weighted by Crippen LogP contribution is -2.07. The van der Waals surface area contributed by atoms with Crippen molar-refractivity contribution < 1.29 is 18.3 Å². The first-order valence-electron chi connectivity index (χ1n) is 3.65. The van der Waals surface area contributed by atoms with Crippen LogP contribution >= 0.6 is 7.57 Å². The van der Waals surface area contributed by atoms with E-state index in [4.69, 9.17) is 18.3 Å². The fraction of sp³-hybridized carbons (Fsp3) is 0.857. The zero-order valence-electron chi connectivity index (χ0n) is 8.07. The predicted octanol–water partition coefficient (Wildman–Crippen LogP) is 1.87. The zero-order chi connectivity index (χ0) is 9.61. The van der Waals surface area contributed by atoms with Gasteiger partial charge in [0.15, 0.2) is 6.79 Å². The normalized spacial score (nSPS) is 12.4. The van der Waals surface area contributed by atoms with Gasteiger partial charge in [0, 0.05) is 14.2 Å². The second-order valence-corrected chi connectivity index (χ2v) is 4.65. The van der Waals surface area contributed by atoms with Crippen LogP contribution in [0.4, 0.5) is 0 Å². The van der Waals surface area contributed by atoms with E-state index >= 15 is 0 Å². The summed E-state index contributed by atoms with van der Waals surface area (Å²) >= 11 is 0. The van der Waals surface area contributed by atoms with Crippen molar-refractivity contribution in [1.82, 2.24) is 0 Å². The van der Waals surface area contributed by atoms with Crippen molar-refractivity contribution in [2.45, 2.75) is 20.0 Å². The summed E-state index contributed by atoms with van der Waals surface area (Å²) in [6, 6.07) is 0. The standard InChI is InChI=1S/C7H17O4P/c1-7(2)10-6-11-12(5,8-3)9-4/h7H,5-6H2,1-4H3. The molecule has 0 aliphatic heterocycles. The minimum absolute atomic E-state index is 0.132. The Kier molecular flexibility index (Phi) is 5.80. The Morgan fingerprint density at radius 1 is 1.25 bits per heavy atom. The van der Waals surface area contributed by atoms with Gasteiger partial charge in [-0.1, -0.05) is 0 Å².